The van der Waals surface area contributed by atoms with Crippen LogP contribution in [0.3, 0.4) is 0 Å². The van der Waals surface area contributed by atoms with Crippen molar-refractivity contribution in [3.63, 3.8) is 0 Å². The van der Waals surface area contributed by atoms with Crippen molar-refractivity contribution >= 4 is 17.5 Å². The Kier molecular flexibility index (Phi) is 6.75. The number of hydrogen-bond acceptors (Lipinski definition) is 4. The first-order valence-corrected chi connectivity index (χ1v) is 8.28. The van der Waals surface area contributed by atoms with E-state index in [9.17, 15) is 9.59 Å². The van der Waals surface area contributed by atoms with Crippen LogP contribution in [0.5, 0.6) is 5.75 Å². The molecule has 0 aromatic heterocycles. The zero-order chi connectivity index (χ0) is 18.9. The fraction of sp³-hybridized carbons (Fsp3) is 0.250. The molecule has 0 aliphatic carbocycles. The molecule has 6 nitrogen and oxygen atoms in total. The monoisotopic (exact) mass is 351 g/mol. The van der Waals surface area contributed by atoms with Gasteiger partial charge in [0.15, 0.2) is 6.61 Å². The minimum atomic E-state index is -0.312. The number of para-hydroxylation sites is 1. The van der Waals surface area contributed by atoms with E-state index >= 15 is 0 Å². The largest absolute Gasteiger partial charge is 0.484 e. The van der Waals surface area contributed by atoms with Gasteiger partial charge in [-0.2, -0.15) is 5.26 Å². The third kappa shape index (κ3) is 5.35. The predicted octanol–water partition coefficient (Wildman–Crippen LogP) is 2.60. The molecule has 134 valence electrons. The van der Waals surface area contributed by atoms with Crippen LogP contribution in [-0.4, -0.2) is 36.9 Å². The lowest BCUT2D eigenvalue weighted by Crippen LogP contribution is -2.37. The van der Waals surface area contributed by atoms with Gasteiger partial charge in [-0.25, -0.2) is 0 Å². The molecule has 26 heavy (non-hydrogen) atoms. The van der Waals surface area contributed by atoms with Gasteiger partial charge in [-0.15, -0.1) is 0 Å². The first kappa shape index (κ1) is 19.0. The van der Waals surface area contributed by atoms with Crippen LogP contribution in [0.4, 0.5) is 5.69 Å². The average Bonchev–Trinajstić information content (AvgIpc) is 2.66. The standard InChI is InChI=1S/C20H21N3O3/c1-3-16-6-4-5-7-18(16)22-19(24)13-23(2)20(25)14-26-17-10-8-15(12-21)9-11-17/h4-11H,3,13-14H2,1-2H3,(H,22,24). The van der Waals surface area contributed by atoms with Gasteiger partial charge in [-0.1, -0.05) is 25.1 Å². The molecule has 0 saturated carbocycles. The van der Waals surface area contributed by atoms with Gasteiger partial charge in [0.05, 0.1) is 18.2 Å². The Morgan fingerprint density at radius 2 is 1.85 bits per heavy atom. The Labute approximate surface area is 153 Å². The Balaban J connectivity index is 1.83. The minimum absolute atomic E-state index is 0.0619. The van der Waals surface area contributed by atoms with Gasteiger partial charge in [0.1, 0.15) is 5.75 Å². The van der Waals surface area contributed by atoms with Gasteiger partial charge < -0.3 is 15.0 Å². The number of ether oxygens (including phenoxy) is 1. The van der Waals surface area contributed by atoms with Gasteiger partial charge >= 0.3 is 0 Å². The van der Waals surface area contributed by atoms with Crippen LogP contribution in [0.25, 0.3) is 0 Å². The van der Waals surface area contributed by atoms with Crippen LogP contribution in [0.1, 0.15) is 18.1 Å². The number of nitrogens with one attached hydrogen (secondary N) is 1. The van der Waals surface area contributed by atoms with Gasteiger partial charge in [0.25, 0.3) is 5.91 Å². The number of aryl methyl sites for hydroxylation is 1. The molecule has 0 unspecified atom stereocenters. The summed E-state index contributed by atoms with van der Waals surface area (Å²) in [4.78, 5) is 25.6. The maximum Gasteiger partial charge on any atom is 0.260 e. The van der Waals surface area contributed by atoms with Crippen molar-refractivity contribution in [2.45, 2.75) is 13.3 Å². The normalized spacial score (nSPS) is 9.88. The quantitative estimate of drug-likeness (QED) is 0.831. The Bertz CT molecular complexity index is 810. The number of hydrogen-bond donors (Lipinski definition) is 1. The van der Waals surface area contributed by atoms with Crippen LogP contribution >= 0.6 is 0 Å². The van der Waals surface area contributed by atoms with Crippen molar-refractivity contribution in [3.8, 4) is 11.8 Å². The SMILES string of the molecule is CCc1ccccc1NC(=O)CN(C)C(=O)COc1ccc(C#N)cc1. The first-order valence-electron chi connectivity index (χ1n) is 8.28. The number of benzene rings is 2. The molecule has 0 bridgehead atoms. The highest BCUT2D eigenvalue weighted by Crippen LogP contribution is 2.15. The van der Waals surface area contributed by atoms with Crippen molar-refractivity contribution in [2.75, 3.05) is 25.5 Å². The molecule has 2 aromatic rings. The molecule has 2 aromatic carbocycles. The molecule has 0 radical (unpaired) electrons. The molecule has 2 amide bonds. The fourth-order valence-corrected chi connectivity index (χ4v) is 2.32. The molecule has 0 aliphatic heterocycles. The van der Waals surface area contributed by atoms with Crippen molar-refractivity contribution in [1.29, 1.82) is 5.26 Å². The van der Waals surface area contributed by atoms with Gasteiger partial charge in [-0.05, 0) is 42.3 Å². The molecule has 0 heterocycles. The third-order valence-electron chi connectivity index (χ3n) is 3.82. The van der Waals surface area contributed by atoms with E-state index in [-0.39, 0.29) is 25.0 Å². The second kappa shape index (κ2) is 9.23. The second-order valence-corrected chi connectivity index (χ2v) is 5.73. The van der Waals surface area contributed by atoms with Gasteiger partial charge in [-0.3, -0.25) is 9.59 Å². The van der Waals surface area contributed by atoms with Gasteiger partial charge in [0.2, 0.25) is 5.91 Å². The highest BCUT2D eigenvalue weighted by atomic mass is 16.5. The lowest BCUT2D eigenvalue weighted by molar-refractivity contribution is -0.135. The molecule has 2 rings (SSSR count). The van der Waals surface area contributed by atoms with E-state index in [2.05, 4.69) is 5.32 Å². The van der Waals surface area contributed by atoms with E-state index in [0.717, 1.165) is 17.7 Å². The highest BCUT2D eigenvalue weighted by molar-refractivity contribution is 5.95. The van der Waals surface area contributed by atoms with Crippen molar-refractivity contribution in [1.82, 2.24) is 4.90 Å². The summed E-state index contributed by atoms with van der Waals surface area (Å²) < 4.78 is 5.39. The van der Waals surface area contributed by atoms with E-state index < -0.39 is 0 Å². The molecule has 0 aliphatic rings. The lowest BCUT2D eigenvalue weighted by atomic mass is 10.1. The van der Waals surface area contributed by atoms with E-state index in [4.69, 9.17) is 10.00 Å². The van der Waals surface area contributed by atoms with Crippen LogP contribution in [-0.2, 0) is 16.0 Å². The predicted molar refractivity (Wildman–Crippen MR) is 98.7 cm³/mol. The summed E-state index contributed by atoms with van der Waals surface area (Å²) in [5.74, 6) is -0.0829. The summed E-state index contributed by atoms with van der Waals surface area (Å²) >= 11 is 0. The number of nitriles is 1. The van der Waals surface area contributed by atoms with E-state index in [1.807, 2.05) is 37.3 Å². The molecule has 0 fully saturated rings. The third-order valence-corrected chi connectivity index (χ3v) is 3.82. The maximum atomic E-state index is 12.2. The summed E-state index contributed by atoms with van der Waals surface area (Å²) in [5, 5.41) is 11.6. The van der Waals surface area contributed by atoms with E-state index in [1.54, 1.807) is 31.3 Å². The topological polar surface area (TPSA) is 82.4 Å². The molecule has 0 spiro atoms. The van der Waals surface area contributed by atoms with Crippen LogP contribution < -0.4 is 10.1 Å². The van der Waals surface area contributed by atoms with Crippen LogP contribution in [0, 0.1) is 11.3 Å². The Morgan fingerprint density at radius 3 is 2.50 bits per heavy atom. The number of carbonyl (C=O) groups is 2. The molecule has 0 saturated heterocycles. The molecular formula is C20H21N3O3. The first-order chi connectivity index (χ1) is 12.5. The summed E-state index contributed by atoms with van der Waals surface area (Å²) in [5.41, 5.74) is 2.32. The molecule has 1 N–H and O–H groups in total. The summed E-state index contributed by atoms with van der Waals surface area (Å²) in [6.45, 7) is 1.77. The van der Waals surface area contributed by atoms with Crippen molar-refractivity contribution in [3.05, 3.63) is 59.7 Å². The minimum Gasteiger partial charge on any atom is -0.484 e. The number of nitrogens with zero attached hydrogens (tertiary/aromatic N) is 2. The number of amides is 2. The van der Waals surface area contributed by atoms with Crippen molar-refractivity contribution in [2.24, 2.45) is 0 Å². The summed E-state index contributed by atoms with van der Waals surface area (Å²) in [7, 11) is 1.55. The molecular weight excluding hydrogens is 330 g/mol. The fourth-order valence-electron chi connectivity index (χ4n) is 2.32. The molecule has 0 atom stereocenters. The van der Waals surface area contributed by atoms with E-state index in [1.165, 1.54) is 4.90 Å². The second-order valence-electron chi connectivity index (χ2n) is 5.73. The van der Waals surface area contributed by atoms with Crippen molar-refractivity contribution < 1.29 is 14.3 Å². The van der Waals surface area contributed by atoms with Crippen LogP contribution in [0.2, 0.25) is 0 Å². The molecule has 6 heteroatoms. The Hall–Kier alpha value is -3.33. The smallest absolute Gasteiger partial charge is 0.260 e. The zero-order valence-corrected chi connectivity index (χ0v) is 14.9. The zero-order valence-electron chi connectivity index (χ0n) is 14.9. The number of carbonyl (C=O) groups excluding carboxylic acids is 2. The number of anilines is 1. The number of rotatable bonds is 7. The Morgan fingerprint density at radius 1 is 1.15 bits per heavy atom. The highest BCUT2D eigenvalue weighted by Gasteiger charge is 2.14. The van der Waals surface area contributed by atoms with E-state index in [0.29, 0.717) is 11.3 Å². The number of likely N-dealkylation sites (N-methyl/N-ethyl adjacent to an activating group) is 1. The lowest BCUT2D eigenvalue weighted by Gasteiger charge is -2.18. The van der Waals surface area contributed by atoms with Crippen LogP contribution in [0.15, 0.2) is 48.5 Å². The summed E-state index contributed by atoms with van der Waals surface area (Å²) in [6.07, 6.45) is 0.809. The summed E-state index contributed by atoms with van der Waals surface area (Å²) in [6, 6.07) is 16.1. The average molecular weight is 351 g/mol. The maximum absolute atomic E-state index is 12.2. The van der Waals surface area contributed by atoms with Gasteiger partial charge in [0, 0.05) is 12.7 Å².